The molecule has 4 nitrogen and oxygen atoms in total. The quantitative estimate of drug-likeness (QED) is 0.537. The van der Waals surface area contributed by atoms with Crippen LogP contribution in [0.5, 0.6) is 0 Å². The number of anilines is 1. The molecule has 6 heteroatoms. The van der Waals surface area contributed by atoms with Gasteiger partial charge in [0.15, 0.2) is 0 Å². The van der Waals surface area contributed by atoms with Crippen molar-refractivity contribution in [3.8, 4) is 0 Å². The molecule has 0 fully saturated rings. The lowest BCUT2D eigenvalue weighted by Gasteiger charge is -2.19. The monoisotopic (exact) mass is 331 g/mol. The van der Waals surface area contributed by atoms with Crippen molar-refractivity contribution in [2.24, 2.45) is 0 Å². The molecule has 0 unspecified atom stereocenters. The molecule has 0 heterocycles. The van der Waals surface area contributed by atoms with Crippen LogP contribution in [0.15, 0.2) is 18.2 Å². The van der Waals surface area contributed by atoms with Crippen molar-refractivity contribution in [2.45, 2.75) is 26.2 Å². The highest BCUT2D eigenvalue weighted by Gasteiger charge is 2.11. The molecule has 21 heavy (non-hydrogen) atoms. The molecule has 0 saturated carbocycles. The minimum Gasteiger partial charge on any atom is -0.466 e. The predicted octanol–water partition coefficient (Wildman–Crippen LogP) is 3.73. The van der Waals surface area contributed by atoms with E-state index in [2.05, 4.69) is 0 Å². The second-order valence-corrected chi connectivity index (χ2v) is 5.55. The maximum absolute atomic E-state index is 11.6. The molecule has 0 aliphatic heterocycles. The number of hydrogen-bond acceptors (Lipinski definition) is 4. The van der Waals surface area contributed by atoms with Crippen LogP contribution in [0.2, 0.25) is 10.0 Å². The molecule has 0 aromatic heterocycles. The Kier molecular flexibility index (Phi) is 7.54. The van der Waals surface area contributed by atoms with E-state index in [-0.39, 0.29) is 12.2 Å². The number of ketones is 1. The minimum atomic E-state index is -0.461. The summed E-state index contributed by atoms with van der Waals surface area (Å²) in [6, 6.07) is 5.30. The fourth-order valence-electron chi connectivity index (χ4n) is 1.86. The van der Waals surface area contributed by atoms with Gasteiger partial charge < -0.3 is 9.64 Å². The summed E-state index contributed by atoms with van der Waals surface area (Å²) < 4.78 is 4.74. The van der Waals surface area contributed by atoms with Gasteiger partial charge in [-0.3, -0.25) is 9.59 Å². The van der Waals surface area contributed by atoms with Crippen LogP contribution in [0.3, 0.4) is 0 Å². The number of nitrogens with zero attached hydrogens (tertiary/aromatic N) is 1. The molecule has 0 atom stereocenters. The van der Waals surface area contributed by atoms with Gasteiger partial charge >= 0.3 is 5.97 Å². The predicted molar refractivity (Wildman–Crippen MR) is 85.2 cm³/mol. The van der Waals surface area contributed by atoms with E-state index in [0.29, 0.717) is 36.0 Å². The number of carbonyl (C=O) groups excluding carboxylic acids is 2. The largest absolute Gasteiger partial charge is 0.466 e. The van der Waals surface area contributed by atoms with Crippen molar-refractivity contribution >= 4 is 40.6 Å². The van der Waals surface area contributed by atoms with Gasteiger partial charge in [-0.05, 0) is 31.5 Å². The van der Waals surface area contributed by atoms with Crippen LogP contribution in [0, 0.1) is 0 Å². The lowest BCUT2D eigenvalue weighted by Crippen LogP contribution is -2.20. The second kappa shape index (κ2) is 8.90. The first kappa shape index (κ1) is 17.8. The second-order valence-electron chi connectivity index (χ2n) is 4.67. The summed E-state index contributed by atoms with van der Waals surface area (Å²) >= 11 is 11.9. The van der Waals surface area contributed by atoms with Crippen LogP contribution in [0.4, 0.5) is 5.69 Å². The van der Waals surface area contributed by atoms with E-state index in [4.69, 9.17) is 27.9 Å². The summed E-state index contributed by atoms with van der Waals surface area (Å²) in [5, 5.41) is 1.14. The molecule has 0 spiro atoms. The van der Waals surface area contributed by atoms with E-state index in [0.717, 1.165) is 5.69 Å². The van der Waals surface area contributed by atoms with Crippen molar-refractivity contribution in [3.63, 3.8) is 0 Å². The Morgan fingerprint density at radius 1 is 1.19 bits per heavy atom. The Hall–Kier alpha value is -1.26. The Morgan fingerprint density at radius 2 is 1.81 bits per heavy atom. The number of benzene rings is 1. The lowest BCUT2D eigenvalue weighted by molar-refractivity contribution is -0.145. The fourth-order valence-corrected chi connectivity index (χ4v) is 2.38. The van der Waals surface area contributed by atoms with E-state index in [9.17, 15) is 9.59 Å². The highest BCUT2D eigenvalue weighted by atomic mass is 35.5. The van der Waals surface area contributed by atoms with Gasteiger partial charge in [0.2, 0.25) is 0 Å². The van der Waals surface area contributed by atoms with E-state index < -0.39 is 5.97 Å². The van der Waals surface area contributed by atoms with Crippen molar-refractivity contribution in [3.05, 3.63) is 28.2 Å². The molecule has 0 bridgehead atoms. The van der Waals surface area contributed by atoms with Gasteiger partial charge in [0, 0.05) is 35.7 Å². The summed E-state index contributed by atoms with van der Waals surface area (Å²) in [4.78, 5) is 24.7. The molecule has 0 aliphatic rings. The molecule has 0 saturated heterocycles. The zero-order valence-corrected chi connectivity index (χ0v) is 13.7. The third kappa shape index (κ3) is 6.82. The Labute approximate surface area is 135 Å². The van der Waals surface area contributed by atoms with Crippen LogP contribution in [0.1, 0.15) is 26.2 Å². The summed E-state index contributed by atoms with van der Waals surface area (Å²) in [6.45, 7) is 2.68. The van der Waals surface area contributed by atoms with E-state index in [1.54, 1.807) is 13.0 Å². The number of ether oxygens (including phenoxy) is 1. The first-order valence-electron chi connectivity index (χ1n) is 6.77. The summed E-state index contributed by atoms with van der Waals surface area (Å²) in [5.41, 5.74) is 0.894. The molecular weight excluding hydrogens is 313 g/mol. The molecule has 116 valence electrons. The smallest absolute Gasteiger partial charge is 0.313 e. The maximum Gasteiger partial charge on any atom is 0.313 e. The Bertz CT molecular complexity index is 485. The summed E-state index contributed by atoms with van der Waals surface area (Å²) in [7, 11) is 1.90. The van der Waals surface area contributed by atoms with Crippen molar-refractivity contribution < 1.29 is 14.3 Å². The standard InChI is InChI=1S/C15H19Cl2NO3/c1-3-21-15(20)10-14(19)5-4-6-18(2)13-8-11(16)7-12(17)9-13/h7-9H,3-6,10H2,1-2H3. The normalized spacial score (nSPS) is 10.3. The van der Waals surface area contributed by atoms with Gasteiger partial charge in [-0.15, -0.1) is 0 Å². The van der Waals surface area contributed by atoms with Crippen LogP contribution in [-0.2, 0) is 14.3 Å². The average molecular weight is 332 g/mol. The molecule has 1 aromatic rings. The van der Waals surface area contributed by atoms with Gasteiger partial charge in [-0.1, -0.05) is 23.2 Å². The summed E-state index contributed by atoms with van der Waals surface area (Å²) in [5.74, 6) is -0.566. The number of hydrogen-bond donors (Lipinski definition) is 0. The number of halogens is 2. The summed E-state index contributed by atoms with van der Waals surface area (Å²) in [6.07, 6.45) is 0.844. The van der Waals surface area contributed by atoms with Crippen molar-refractivity contribution in [2.75, 3.05) is 25.1 Å². The Balaban J connectivity index is 2.38. The number of carbonyl (C=O) groups is 2. The number of esters is 1. The number of Topliss-reactive ketones (excluding diaryl/α,β-unsaturated/α-hetero) is 1. The zero-order chi connectivity index (χ0) is 15.8. The molecule has 0 aliphatic carbocycles. The molecule has 0 amide bonds. The minimum absolute atomic E-state index is 0.106. The van der Waals surface area contributed by atoms with Gasteiger partial charge in [0.1, 0.15) is 12.2 Å². The van der Waals surface area contributed by atoms with Crippen molar-refractivity contribution in [1.29, 1.82) is 0 Å². The topological polar surface area (TPSA) is 46.6 Å². The van der Waals surface area contributed by atoms with Gasteiger partial charge in [0.25, 0.3) is 0 Å². The molecule has 0 N–H and O–H groups in total. The molecule has 1 aromatic carbocycles. The van der Waals surface area contributed by atoms with Crippen LogP contribution < -0.4 is 4.90 Å². The highest BCUT2D eigenvalue weighted by molar-refractivity contribution is 6.35. The van der Waals surface area contributed by atoms with Crippen molar-refractivity contribution in [1.82, 2.24) is 0 Å². The molecular formula is C15H19Cl2NO3. The first-order valence-corrected chi connectivity index (χ1v) is 7.52. The van der Waals surface area contributed by atoms with Crippen LogP contribution in [-0.4, -0.2) is 32.0 Å². The lowest BCUT2D eigenvalue weighted by atomic mass is 10.1. The third-order valence-electron chi connectivity index (χ3n) is 2.88. The van der Waals surface area contributed by atoms with E-state index in [1.807, 2.05) is 24.1 Å². The Morgan fingerprint density at radius 3 is 2.38 bits per heavy atom. The highest BCUT2D eigenvalue weighted by Crippen LogP contribution is 2.24. The maximum atomic E-state index is 11.6. The van der Waals surface area contributed by atoms with Crippen LogP contribution >= 0.6 is 23.2 Å². The third-order valence-corrected chi connectivity index (χ3v) is 3.32. The van der Waals surface area contributed by atoms with Gasteiger partial charge in [-0.2, -0.15) is 0 Å². The van der Waals surface area contributed by atoms with E-state index in [1.165, 1.54) is 0 Å². The molecule has 0 radical (unpaired) electrons. The van der Waals surface area contributed by atoms with E-state index >= 15 is 0 Å². The number of rotatable bonds is 8. The van der Waals surface area contributed by atoms with Crippen LogP contribution in [0.25, 0.3) is 0 Å². The fraction of sp³-hybridized carbons (Fsp3) is 0.467. The zero-order valence-electron chi connectivity index (χ0n) is 12.2. The SMILES string of the molecule is CCOC(=O)CC(=O)CCCN(C)c1cc(Cl)cc(Cl)c1. The average Bonchev–Trinajstić information content (AvgIpc) is 2.37. The van der Waals surface area contributed by atoms with Gasteiger partial charge in [-0.25, -0.2) is 0 Å². The van der Waals surface area contributed by atoms with Gasteiger partial charge in [0.05, 0.1) is 6.61 Å². The molecule has 1 rings (SSSR count). The first-order chi connectivity index (χ1) is 9.92.